The van der Waals surface area contributed by atoms with Crippen LogP contribution in [-0.2, 0) is 4.79 Å². The zero-order chi connectivity index (χ0) is 10.7. The van der Waals surface area contributed by atoms with Crippen molar-refractivity contribution in [3.8, 4) is 0 Å². The van der Waals surface area contributed by atoms with Gasteiger partial charge in [-0.05, 0) is 33.7 Å². The molecule has 0 aliphatic carbocycles. The first-order chi connectivity index (χ1) is 6.50. The van der Waals surface area contributed by atoms with Gasteiger partial charge in [-0.1, -0.05) is 0 Å². The molecule has 1 fully saturated rings. The molecule has 0 aromatic carbocycles. The monoisotopic (exact) mass is 199 g/mol. The van der Waals surface area contributed by atoms with Crippen molar-refractivity contribution >= 4 is 5.91 Å². The van der Waals surface area contributed by atoms with E-state index in [1.165, 1.54) is 0 Å². The van der Waals surface area contributed by atoms with E-state index in [1.54, 1.807) is 6.92 Å². The van der Waals surface area contributed by atoms with Crippen LogP contribution < -0.4 is 11.1 Å². The molecule has 0 radical (unpaired) electrons. The maximum Gasteiger partial charge on any atom is 0.236 e. The lowest BCUT2D eigenvalue weighted by atomic mass is 9.99. The van der Waals surface area contributed by atoms with Gasteiger partial charge in [-0.25, -0.2) is 0 Å². The van der Waals surface area contributed by atoms with Gasteiger partial charge in [-0.2, -0.15) is 0 Å². The number of nitrogens with two attached hydrogens (primary N) is 1. The van der Waals surface area contributed by atoms with Crippen molar-refractivity contribution in [2.45, 2.75) is 44.8 Å². The summed E-state index contributed by atoms with van der Waals surface area (Å²) in [7, 11) is 2.12. The van der Waals surface area contributed by atoms with Gasteiger partial charge in [-0.15, -0.1) is 0 Å². The molecule has 1 aliphatic rings. The maximum absolute atomic E-state index is 11.3. The highest BCUT2D eigenvalue weighted by atomic mass is 16.2. The molecule has 4 nitrogen and oxygen atoms in total. The molecular formula is C10H21N3O. The number of carbonyl (C=O) groups is 1. The summed E-state index contributed by atoms with van der Waals surface area (Å²) in [5.41, 5.74) is 5.49. The van der Waals surface area contributed by atoms with E-state index in [1.807, 2.05) is 0 Å². The number of nitrogens with one attached hydrogen (secondary N) is 1. The van der Waals surface area contributed by atoms with Crippen LogP contribution in [0.5, 0.6) is 0 Å². The minimum atomic E-state index is -0.398. The number of hydrogen-bond donors (Lipinski definition) is 2. The van der Waals surface area contributed by atoms with Crippen molar-refractivity contribution in [2.75, 3.05) is 13.6 Å². The first kappa shape index (κ1) is 11.5. The Balaban J connectivity index is 2.37. The van der Waals surface area contributed by atoms with Gasteiger partial charge in [0.25, 0.3) is 0 Å². The summed E-state index contributed by atoms with van der Waals surface area (Å²) in [6, 6.07) is 0.451. The van der Waals surface area contributed by atoms with E-state index in [0.29, 0.717) is 12.1 Å². The highest BCUT2D eigenvalue weighted by Gasteiger charge is 2.24. The smallest absolute Gasteiger partial charge is 0.236 e. The molecule has 4 heteroatoms. The second-order valence-electron chi connectivity index (χ2n) is 4.35. The van der Waals surface area contributed by atoms with E-state index in [-0.39, 0.29) is 5.91 Å². The molecule has 0 saturated carbocycles. The van der Waals surface area contributed by atoms with Crippen LogP contribution in [0.2, 0.25) is 0 Å². The van der Waals surface area contributed by atoms with Gasteiger partial charge >= 0.3 is 0 Å². The Labute approximate surface area is 85.8 Å². The second kappa shape index (κ2) is 4.75. The van der Waals surface area contributed by atoms with Gasteiger partial charge in [-0.3, -0.25) is 4.79 Å². The SMILES string of the molecule is CC1CC(NC(=O)[C@H](C)N)CCN1C. The summed E-state index contributed by atoms with van der Waals surface area (Å²) in [6.07, 6.45) is 2.05. The Hall–Kier alpha value is -0.610. The summed E-state index contributed by atoms with van der Waals surface area (Å²) in [4.78, 5) is 13.7. The van der Waals surface area contributed by atoms with Crippen molar-refractivity contribution in [1.29, 1.82) is 0 Å². The van der Waals surface area contributed by atoms with E-state index < -0.39 is 6.04 Å². The fourth-order valence-corrected chi connectivity index (χ4v) is 1.75. The average molecular weight is 199 g/mol. The molecule has 0 aromatic heterocycles. The Kier molecular flexibility index (Phi) is 3.89. The number of rotatable bonds is 2. The fourth-order valence-electron chi connectivity index (χ4n) is 1.75. The van der Waals surface area contributed by atoms with Crippen LogP contribution >= 0.6 is 0 Å². The highest BCUT2D eigenvalue weighted by molar-refractivity contribution is 5.81. The number of likely N-dealkylation sites (tertiary alicyclic amines) is 1. The summed E-state index contributed by atoms with van der Waals surface area (Å²) in [5, 5.41) is 2.98. The molecule has 3 N–H and O–H groups in total. The Morgan fingerprint density at radius 1 is 1.64 bits per heavy atom. The van der Waals surface area contributed by atoms with Crippen molar-refractivity contribution in [1.82, 2.24) is 10.2 Å². The molecule has 82 valence electrons. The lowest BCUT2D eigenvalue weighted by molar-refractivity contribution is -0.123. The van der Waals surface area contributed by atoms with E-state index in [2.05, 4.69) is 24.2 Å². The quantitative estimate of drug-likeness (QED) is 0.654. The number of carbonyl (C=O) groups excluding carboxylic acids is 1. The lowest BCUT2D eigenvalue weighted by Gasteiger charge is -2.35. The van der Waals surface area contributed by atoms with Crippen LogP contribution in [0.1, 0.15) is 26.7 Å². The van der Waals surface area contributed by atoms with Gasteiger partial charge in [0, 0.05) is 18.6 Å². The molecule has 1 heterocycles. The van der Waals surface area contributed by atoms with Crippen LogP contribution in [0.3, 0.4) is 0 Å². The zero-order valence-electron chi connectivity index (χ0n) is 9.29. The second-order valence-corrected chi connectivity index (χ2v) is 4.35. The first-order valence-corrected chi connectivity index (χ1v) is 5.27. The Morgan fingerprint density at radius 2 is 2.29 bits per heavy atom. The average Bonchev–Trinajstić information content (AvgIpc) is 2.11. The summed E-state index contributed by atoms with van der Waals surface area (Å²) >= 11 is 0. The molecule has 2 unspecified atom stereocenters. The molecule has 0 bridgehead atoms. The number of amides is 1. The minimum absolute atomic E-state index is 0.0354. The summed E-state index contributed by atoms with van der Waals surface area (Å²) < 4.78 is 0. The third-order valence-corrected chi connectivity index (χ3v) is 2.97. The van der Waals surface area contributed by atoms with E-state index >= 15 is 0 Å². The topological polar surface area (TPSA) is 58.4 Å². The zero-order valence-corrected chi connectivity index (χ0v) is 9.29. The molecule has 14 heavy (non-hydrogen) atoms. The summed E-state index contributed by atoms with van der Waals surface area (Å²) in [6.45, 7) is 4.95. The third-order valence-electron chi connectivity index (χ3n) is 2.97. The number of nitrogens with zero attached hydrogens (tertiary/aromatic N) is 1. The van der Waals surface area contributed by atoms with E-state index in [4.69, 9.17) is 5.73 Å². The standard InChI is InChI=1S/C10H21N3O/c1-7-6-9(4-5-13(7)3)12-10(14)8(2)11/h7-9H,4-6,11H2,1-3H3,(H,12,14)/t7?,8-,9?/m0/s1. The van der Waals surface area contributed by atoms with Gasteiger partial charge in [0.05, 0.1) is 6.04 Å². The first-order valence-electron chi connectivity index (χ1n) is 5.27. The predicted molar refractivity (Wildman–Crippen MR) is 56.9 cm³/mol. The fraction of sp³-hybridized carbons (Fsp3) is 0.900. The van der Waals surface area contributed by atoms with Gasteiger partial charge in [0.15, 0.2) is 0 Å². The van der Waals surface area contributed by atoms with Crippen molar-refractivity contribution in [2.24, 2.45) is 5.73 Å². The van der Waals surface area contributed by atoms with Crippen LogP contribution in [0.25, 0.3) is 0 Å². The van der Waals surface area contributed by atoms with Gasteiger partial charge in [0.1, 0.15) is 0 Å². The Bertz CT molecular complexity index is 206. The summed E-state index contributed by atoms with van der Waals surface area (Å²) in [5.74, 6) is -0.0354. The van der Waals surface area contributed by atoms with Gasteiger partial charge in [0.2, 0.25) is 5.91 Å². The molecule has 1 aliphatic heterocycles. The number of piperidine rings is 1. The molecular weight excluding hydrogens is 178 g/mol. The number of hydrogen-bond acceptors (Lipinski definition) is 3. The van der Waals surface area contributed by atoms with Crippen molar-refractivity contribution in [3.63, 3.8) is 0 Å². The van der Waals surface area contributed by atoms with E-state index in [9.17, 15) is 4.79 Å². The van der Waals surface area contributed by atoms with Crippen LogP contribution in [0.15, 0.2) is 0 Å². The third kappa shape index (κ3) is 2.96. The largest absolute Gasteiger partial charge is 0.352 e. The molecule has 1 amide bonds. The highest BCUT2D eigenvalue weighted by Crippen LogP contribution is 2.15. The van der Waals surface area contributed by atoms with Crippen LogP contribution in [-0.4, -0.2) is 42.5 Å². The molecule has 0 aromatic rings. The Morgan fingerprint density at radius 3 is 2.79 bits per heavy atom. The molecule has 1 saturated heterocycles. The molecule has 1 rings (SSSR count). The molecule has 3 atom stereocenters. The lowest BCUT2D eigenvalue weighted by Crippen LogP contribution is -2.50. The van der Waals surface area contributed by atoms with E-state index in [0.717, 1.165) is 19.4 Å². The van der Waals surface area contributed by atoms with Crippen LogP contribution in [0, 0.1) is 0 Å². The van der Waals surface area contributed by atoms with Crippen LogP contribution in [0.4, 0.5) is 0 Å². The van der Waals surface area contributed by atoms with Crippen molar-refractivity contribution in [3.05, 3.63) is 0 Å². The predicted octanol–water partition coefficient (Wildman–Crippen LogP) is -0.0675. The normalized spacial score (nSPS) is 31.1. The minimum Gasteiger partial charge on any atom is -0.352 e. The van der Waals surface area contributed by atoms with Gasteiger partial charge < -0.3 is 16.0 Å². The van der Waals surface area contributed by atoms with Crippen molar-refractivity contribution < 1.29 is 4.79 Å². The maximum atomic E-state index is 11.3. The molecule has 0 spiro atoms.